The molecule has 2 heterocycles. The first-order chi connectivity index (χ1) is 15.2. The largest absolute Gasteiger partial charge is 0.459 e. The number of benzene rings is 3. The van der Waals surface area contributed by atoms with Gasteiger partial charge in [0, 0.05) is 6.07 Å². The summed E-state index contributed by atoms with van der Waals surface area (Å²) in [6, 6.07) is 27.0. The van der Waals surface area contributed by atoms with Gasteiger partial charge in [0.1, 0.15) is 6.61 Å². The van der Waals surface area contributed by atoms with Crippen molar-refractivity contribution in [3.8, 4) is 11.1 Å². The Bertz CT molecular complexity index is 1440. The van der Waals surface area contributed by atoms with E-state index in [4.69, 9.17) is 4.74 Å². The van der Waals surface area contributed by atoms with E-state index < -0.39 is 0 Å². The van der Waals surface area contributed by atoms with E-state index in [1.165, 1.54) is 17.4 Å². The van der Waals surface area contributed by atoms with Crippen LogP contribution < -0.4 is 5.56 Å². The lowest BCUT2D eigenvalue weighted by atomic mass is 10.0. The second-order valence-corrected chi connectivity index (χ2v) is 8.18. The van der Waals surface area contributed by atoms with E-state index in [0.29, 0.717) is 10.7 Å². The molecule has 0 unspecified atom stereocenters. The third kappa shape index (κ3) is 3.98. The predicted octanol–water partition coefficient (Wildman–Crippen LogP) is 4.86. The van der Waals surface area contributed by atoms with Crippen LogP contribution in [0.1, 0.15) is 11.3 Å². The minimum absolute atomic E-state index is 0.0269. The Kier molecular flexibility index (Phi) is 5.06. The number of hydrogen-bond donors (Lipinski definition) is 0. The van der Waals surface area contributed by atoms with Crippen molar-refractivity contribution in [3.05, 3.63) is 107 Å². The fourth-order valence-corrected chi connectivity index (χ4v) is 4.56. The Morgan fingerprint density at radius 1 is 0.903 bits per heavy atom. The van der Waals surface area contributed by atoms with Crippen molar-refractivity contribution in [2.24, 2.45) is 0 Å². The zero-order chi connectivity index (χ0) is 21.2. The van der Waals surface area contributed by atoms with Crippen molar-refractivity contribution < 1.29 is 9.53 Å². The molecule has 5 rings (SSSR count). The summed E-state index contributed by atoms with van der Waals surface area (Å²) in [4.78, 5) is 29.9. The molecule has 0 aliphatic rings. The van der Waals surface area contributed by atoms with Crippen molar-refractivity contribution >= 4 is 32.5 Å². The molecule has 0 aliphatic carbocycles. The first-order valence-electron chi connectivity index (χ1n) is 9.87. The molecule has 0 spiro atoms. The van der Waals surface area contributed by atoms with E-state index in [1.54, 1.807) is 4.40 Å². The Morgan fingerprint density at radius 2 is 1.61 bits per heavy atom. The number of rotatable bonds is 5. The maximum Gasteiger partial charge on any atom is 0.310 e. The number of fused-ring (bicyclic) bond motifs is 3. The van der Waals surface area contributed by atoms with E-state index >= 15 is 0 Å². The molecule has 152 valence electrons. The highest BCUT2D eigenvalue weighted by molar-refractivity contribution is 7.23. The maximum atomic E-state index is 12.5. The van der Waals surface area contributed by atoms with Gasteiger partial charge in [-0.05, 0) is 28.8 Å². The summed E-state index contributed by atoms with van der Waals surface area (Å²) >= 11 is 1.44. The molecular formula is C25H18N2O3S. The number of aromatic nitrogens is 2. The third-order valence-electron chi connectivity index (χ3n) is 5.04. The van der Waals surface area contributed by atoms with Crippen molar-refractivity contribution in [1.82, 2.24) is 9.38 Å². The van der Waals surface area contributed by atoms with Gasteiger partial charge in [-0.1, -0.05) is 78.1 Å². The number of thiazole rings is 1. The average Bonchev–Trinajstić information content (AvgIpc) is 3.18. The zero-order valence-corrected chi connectivity index (χ0v) is 17.3. The highest BCUT2D eigenvalue weighted by Crippen LogP contribution is 2.23. The van der Waals surface area contributed by atoms with Crippen molar-refractivity contribution in [2.75, 3.05) is 0 Å². The maximum absolute atomic E-state index is 12.5. The van der Waals surface area contributed by atoms with Crippen molar-refractivity contribution in [2.45, 2.75) is 13.0 Å². The van der Waals surface area contributed by atoms with E-state index in [-0.39, 0.29) is 24.6 Å². The van der Waals surface area contributed by atoms with E-state index in [9.17, 15) is 9.59 Å². The predicted molar refractivity (Wildman–Crippen MR) is 122 cm³/mol. The van der Waals surface area contributed by atoms with Crippen molar-refractivity contribution in [3.63, 3.8) is 0 Å². The Balaban J connectivity index is 1.27. The monoisotopic (exact) mass is 426 g/mol. The molecule has 5 nitrogen and oxygen atoms in total. The van der Waals surface area contributed by atoms with Gasteiger partial charge in [0.2, 0.25) is 0 Å². The number of carbonyl (C=O) groups is 1. The van der Waals surface area contributed by atoms with Crippen LogP contribution in [-0.2, 0) is 22.6 Å². The van der Waals surface area contributed by atoms with E-state index in [2.05, 4.69) is 4.98 Å². The van der Waals surface area contributed by atoms with Gasteiger partial charge >= 0.3 is 5.97 Å². The molecule has 6 heteroatoms. The van der Waals surface area contributed by atoms with Crippen LogP contribution in [0.4, 0.5) is 0 Å². The number of carbonyl (C=O) groups excluding carboxylic acids is 1. The molecule has 0 N–H and O–H groups in total. The summed E-state index contributed by atoms with van der Waals surface area (Å²) in [5.41, 5.74) is 4.21. The van der Waals surface area contributed by atoms with Gasteiger partial charge < -0.3 is 4.74 Å². The number of para-hydroxylation sites is 1. The van der Waals surface area contributed by atoms with Crippen LogP contribution in [-0.4, -0.2) is 15.4 Å². The Morgan fingerprint density at radius 3 is 2.42 bits per heavy atom. The van der Waals surface area contributed by atoms with Gasteiger partial charge in [-0.25, -0.2) is 4.98 Å². The Hall–Kier alpha value is -3.77. The molecule has 3 aromatic carbocycles. The molecule has 31 heavy (non-hydrogen) atoms. The quantitative estimate of drug-likeness (QED) is 0.377. The molecule has 0 saturated carbocycles. The van der Waals surface area contributed by atoms with Gasteiger partial charge in [-0.15, -0.1) is 0 Å². The minimum atomic E-state index is -0.356. The second kappa shape index (κ2) is 8.16. The molecule has 0 fully saturated rings. The molecule has 5 aromatic rings. The molecule has 0 atom stereocenters. The normalized spacial score (nSPS) is 11.1. The lowest BCUT2D eigenvalue weighted by Gasteiger charge is -2.06. The highest BCUT2D eigenvalue weighted by atomic mass is 32.1. The topological polar surface area (TPSA) is 60.7 Å². The van der Waals surface area contributed by atoms with Gasteiger partial charge in [-0.2, -0.15) is 0 Å². The molecule has 0 amide bonds. The van der Waals surface area contributed by atoms with E-state index in [0.717, 1.165) is 26.9 Å². The molecule has 0 saturated heterocycles. The average molecular weight is 426 g/mol. The van der Waals surface area contributed by atoms with Gasteiger partial charge in [-0.3, -0.25) is 14.0 Å². The first-order valence-corrected chi connectivity index (χ1v) is 10.7. The molecule has 0 aliphatic heterocycles. The number of esters is 1. The standard InChI is InChI=1S/C25H18N2O3S/c28-23-15-20(26-25-27(23)21-8-4-5-9-22(21)31-25)16-30-24(29)14-17-10-12-19(13-11-17)18-6-2-1-3-7-18/h1-13,15H,14,16H2. The van der Waals surface area contributed by atoms with Crippen LogP contribution in [0.2, 0.25) is 0 Å². The highest BCUT2D eigenvalue weighted by Gasteiger charge is 2.11. The first kappa shape index (κ1) is 19.2. The summed E-state index contributed by atoms with van der Waals surface area (Å²) in [6.07, 6.45) is 0.166. The second-order valence-electron chi connectivity index (χ2n) is 7.17. The van der Waals surface area contributed by atoms with Gasteiger partial charge in [0.15, 0.2) is 4.96 Å². The molecule has 0 bridgehead atoms. The summed E-state index contributed by atoms with van der Waals surface area (Å²) < 4.78 is 7.95. The molecular weight excluding hydrogens is 408 g/mol. The third-order valence-corrected chi connectivity index (χ3v) is 6.06. The number of hydrogen-bond acceptors (Lipinski definition) is 5. The van der Waals surface area contributed by atoms with Crippen LogP contribution in [0.25, 0.3) is 26.3 Å². The lowest BCUT2D eigenvalue weighted by molar-refractivity contribution is -0.144. The fraction of sp³-hybridized carbons (Fsp3) is 0.0800. The van der Waals surface area contributed by atoms with Crippen molar-refractivity contribution in [1.29, 1.82) is 0 Å². The number of nitrogens with zero attached hydrogens (tertiary/aromatic N) is 2. The molecule has 2 aromatic heterocycles. The van der Waals surface area contributed by atoms with Crippen LogP contribution in [0.3, 0.4) is 0 Å². The van der Waals surface area contributed by atoms with Gasteiger partial charge in [0.25, 0.3) is 5.56 Å². The Labute approximate surface area is 182 Å². The molecule has 0 radical (unpaired) electrons. The smallest absolute Gasteiger partial charge is 0.310 e. The van der Waals surface area contributed by atoms with Crippen LogP contribution in [0.5, 0.6) is 0 Å². The summed E-state index contributed by atoms with van der Waals surface area (Å²) in [7, 11) is 0. The van der Waals surface area contributed by atoms with Gasteiger partial charge in [0.05, 0.1) is 22.3 Å². The number of ether oxygens (including phenoxy) is 1. The van der Waals surface area contributed by atoms with Crippen LogP contribution in [0, 0.1) is 0 Å². The summed E-state index contributed by atoms with van der Waals surface area (Å²) in [5, 5.41) is 0. The SMILES string of the molecule is O=C(Cc1ccc(-c2ccccc2)cc1)OCc1cc(=O)n2c(n1)sc1ccccc12. The summed E-state index contributed by atoms with van der Waals surface area (Å²) in [5.74, 6) is -0.356. The summed E-state index contributed by atoms with van der Waals surface area (Å²) in [6.45, 7) is -0.0269. The van der Waals surface area contributed by atoms with Crippen LogP contribution >= 0.6 is 11.3 Å². The zero-order valence-electron chi connectivity index (χ0n) is 16.5. The van der Waals surface area contributed by atoms with Crippen LogP contribution in [0.15, 0.2) is 89.7 Å². The van der Waals surface area contributed by atoms with E-state index in [1.807, 2.05) is 78.9 Å². The minimum Gasteiger partial charge on any atom is -0.459 e. The lowest BCUT2D eigenvalue weighted by Crippen LogP contribution is -2.15. The fourth-order valence-electron chi connectivity index (χ4n) is 3.51.